The first-order valence-electron chi connectivity index (χ1n) is 12.2. The highest BCUT2D eigenvalue weighted by Gasteiger charge is 2.38. The van der Waals surface area contributed by atoms with Crippen molar-refractivity contribution >= 4 is 8.58 Å². The maximum absolute atomic E-state index is 6.78. The molecule has 0 bridgehead atoms. The third-order valence-corrected chi connectivity index (χ3v) is 8.73. The van der Waals surface area contributed by atoms with Crippen LogP contribution in [0.1, 0.15) is 130 Å². The van der Waals surface area contributed by atoms with Gasteiger partial charge in [0.25, 0.3) is 0 Å². The van der Waals surface area contributed by atoms with Crippen LogP contribution < -0.4 is 0 Å². The Hall–Kier alpha value is -0.390. The maximum atomic E-state index is 6.78. The zero-order chi connectivity index (χ0) is 23.0. The van der Waals surface area contributed by atoms with Gasteiger partial charge in [-0.3, -0.25) is 0 Å². The van der Waals surface area contributed by atoms with E-state index in [0.29, 0.717) is 5.41 Å². The van der Waals surface area contributed by atoms with Gasteiger partial charge in [-0.1, -0.05) is 110 Å². The molecule has 30 heavy (non-hydrogen) atoms. The van der Waals surface area contributed by atoms with E-state index in [1.807, 2.05) is 0 Å². The predicted octanol–water partition coefficient (Wildman–Crippen LogP) is 8.87. The van der Waals surface area contributed by atoms with Crippen LogP contribution in [0.5, 0.6) is 0 Å². The minimum Gasteiger partial charge on any atom is -0.369 e. The van der Waals surface area contributed by atoms with Crippen LogP contribution in [-0.2, 0) is 21.0 Å². The van der Waals surface area contributed by atoms with Crippen LogP contribution >= 0.6 is 8.58 Å². The lowest BCUT2D eigenvalue weighted by molar-refractivity contribution is 0.0152. The Labute approximate surface area is 189 Å². The molecular formula is C28H49OP. The molecule has 1 nitrogen and oxygen atoms in total. The van der Waals surface area contributed by atoms with Crippen LogP contribution in [0.15, 0.2) is 12.1 Å². The van der Waals surface area contributed by atoms with Crippen molar-refractivity contribution in [3.8, 4) is 0 Å². The fourth-order valence-electron chi connectivity index (χ4n) is 4.59. The average Bonchev–Trinajstić information content (AvgIpc) is 2.63. The third kappa shape index (κ3) is 5.89. The summed E-state index contributed by atoms with van der Waals surface area (Å²) in [7, 11) is 0.852. The summed E-state index contributed by atoms with van der Waals surface area (Å²) in [6, 6.07) is 4.99. The summed E-state index contributed by atoms with van der Waals surface area (Å²) >= 11 is 0. The Kier molecular flexibility index (Phi) is 7.96. The smallest absolute Gasteiger partial charge is 0.0990 e. The van der Waals surface area contributed by atoms with Gasteiger partial charge in [0, 0.05) is 0 Å². The second-order valence-electron chi connectivity index (χ2n) is 12.8. The van der Waals surface area contributed by atoms with Gasteiger partial charge in [0.15, 0.2) is 0 Å². The van der Waals surface area contributed by atoms with E-state index in [9.17, 15) is 0 Å². The summed E-state index contributed by atoms with van der Waals surface area (Å²) in [5, 5.41) is 0. The number of unbranched alkanes of at least 4 members (excludes halogenated alkanes) is 1. The predicted molar refractivity (Wildman–Crippen MR) is 137 cm³/mol. The second-order valence-corrected chi connectivity index (χ2v) is 14.1. The van der Waals surface area contributed by atoms with Gasteiger partial charge >= 0.3 is 0 Å². The fraction of sp³-hybridized carbons (Fsp3) is 0.786. The van der Waals surface area contributed by atoms with Crippen LogP contribution in [0.3, 0.4) is 0 Å². The van der Waals surface area contributed by atoms with E-state index in [1.165, 1.54) is 54.1 Å². The van der Waals surface area contributed by atoms with Crippen molar-refractivity contribution in [1.29, 1.82) is 0 Å². The summed E-state index contributed by atoms with van der Waals surface area (Å²) in [5.74, 6) is 0.253. The molecule has 1 fully saturated rings. The third-order valence-electron chi connectivity index (χ3n) is 6.95. The number of ether oxygens (including phenoxy) is 1. The van der Waals surface area contributed by atoms with Crippen LogP contribution in [0.4, 0.5) is 0 Å². The SMILES string of the molecule is CCCCC1(CC)COC(c2c(C(C)(C)C)cc(C(C)(C)C)cc2C(C)(C)C)PC1. The Morgan fingerprint density at radius 2 is 1.43 bits per heavy atom. The molecule has 3 atom stereocenters. The van der Waals surface area contributed by atoms with Gasteiger partial charge in [0.2, 0.25) is 0 Å². The lowest BCUT2D eigenvalue weighted by Crippen LogP contribution is -2.35. The number of hydrogen-bond donors (Lipinski definition) is 0. The molecule has 0 radical (unpaired) electrons. The van der Waals surface area contributed by atoms with E-state index in [2.05, 4.69) is 88.3 Å². The topological polar surface area (TPSA) is 9.23 Å². The lowest BCUT2D eigenvalue weighted by Gasteiger charge is -2.43. The van der Waals surface area contributed by atoms with Gasteiger partial charge in [-0.25, -0.2) is 0 Å². The lowest BCUT2D eigenvalue weighted by atomic mass is 9.72. The normalized spacial score (nSPS) is 24.4. The number of benzene rings is 1. The van der Waals surface area contributed by atoms with Crippen LogP contribution in [0.25, 0.3) is 0 Å². The fourth-order valence-corrected chi connectivity index (χ4v) is 6.45. The molecule has 172 valence electrons. The number of hydrogen-bond acceptors (Lipinski definition) is 1. The van der Waals surface area contributed by atoms with Gasteiger partial charge in [-0.05, 0) is 62.9 Å². The molecule has 2 heteroatoms. The summed E-state index contributed by atoms with van der Waals surface area (Å²) in [5.41, 5.74) is 6.70. The van der Waals surface area contributed by atoms with Gasteiger partial charge in [-0.2, -0.15) is 0 Å². The Morgan fingerprint density at radius 3 is 1.77 bits per heavy atom. The molecular weight excluding hydrogens is 383 g/mol. The second kappa shape index (κ2) is 9.23. The van der Waals surface area contributed by atoms with Crippen molar-refractivity contribution in [2.75, 3.05) is 12.8 Å². The summed E-state index contributed by atoms with van der Waals surface area (Å²) in [6.45, 7) is 26.8. The van der Waals surface area contributed by atoms with Gasteiger partial charge in [0.05, 0.1) is 12.5 Å². The quantitative estimate of drug-likeness (QED) is 0.422. The van der Waals surface area contributed by atoms with Crippen molar-refractivity contribution in [1.82, 2.24) is 0 Å². The Balaban J connectivity index is 2.56. The zero-order valence-electron chi connectivity index (χ0n) is 21.9. The molecule has 0 saturated carbocycles. The molecule has 1 aliphatic rings. The van der Waals surface area contributed by atoms with Crippen LogP contribution in [0.2, 0.25) is 0 Å². The molecule has 1 aliphatic heterocycles. The largest absolute Gasteiger partial charge is 0.369 e. The standard InChI is InChI=1S/C28H49OP/c1-12-14-15-28(13-2)18-29-24(30-19-28)23-21(26(6,7)8)16-20(25(3,4)5)17-22(23)27(9,10)11/h16-17,24,30H,12-15,18-19H2,1-11H3. The van der Waals surface area contributed by atoms with E-state index in [0.717, 1.165) is 15.2 Å². The Bertz CT molecular complexity index is 669. The van der Waals surface area contributed by atoms with E-state index in [1.54, 1.807) is 0 Å². The van der Waals surface area contributed by atoms with Gasteiger partial charge in [-0.15, -0.1) is 0 Å². The summed E-state index contributed by atoms with van der Waals surface area (Å²) < 4.78 is 6.78. The molecule has 1 heterocycles. The molecule has 0 amide bonds. The zero-order valence-corrected chi connectivity index (χ0v) is 22.9. The van der Waals surface area contributed by atoms with E-state index < -0.39 is 0 Å². The molecule has 1 aromatic rings. The molecule has 1 saturated heterocycles. The van der Waals surface area contributed by atoms with Crippen molar-refractivity contribution in [2.45, 2.75) is 124 Å². The van der Waals surface area contributed by atoms with Crippen LogP contribution in [0, 0.1) is 5.41 Å². The minimum absolute atomic E-state index is 0.103. The summed E-state index contributed by atoms with van der Waals surface area (Å²) in [6.07, 6.45) is 6.50. The van der Waals surface area contributed by atoms with Gasteiger partial charge < -0.3 is 4.74 Å². The Morgan fingerprint density at radius 1 is 0.900 bits per heavy atom. The maximum Gasteiger partial charge on any atom is 0.0990 e. The molecule has 0 N–H and O–H groups in total. The first kappa shape index (κ1) is 25.9. The highest BCUT2D eigenvalue weighted by atomic mass is 31.1. The molecule has 3 unspecified atom stereocenters. The molecule has 0 spiro atoms. The van der Waals surface area contributed by atoms with Gasteiger partial charge in [0.1, 0.15) is 0 Å². The van der Waals surface area contributed by atoms with E-state index in [4.69, 9.17) is 4.74 Å². The molecule has 0 aliphatic carbocycles. The van der Waals surface area contributed by atoms with Crippen molar-refractivity contribution in [3.63, 3.8) is 0 Å². The highest BCUT2D eigenvalue weighted by molar-refractivity contribution is 7.38. The van der Waals surface area contributed by atoms with Crippen LogP contribution in [-0.4, -0.2) is 12.8 Å². The average molecular weight is 433 g/mol. The van der Waals surface area contributed by atoms with Crippen molar-refractivity contribution in [3.05, 3.63) is 34.4 Å². The number of rotatable bonds is 5. The first-order chi connectivity index (χ1) is 13.6. The first-order valence-corrected chi connectivity index (χ1v) is 13.5. The monoisotopic (exact) mass is 432 g/mol. The molecule has 1 aromatic carbocycles. The summed E-state index contributed by atoms with van der Waals surface area (Å²) in [4.78, 5) is 0. The van der Waals surface area contributed by atoms with E-state index >= 15 is 0 Å². The minimum atomic E-state index is 0.103. The highest BCUT2D eigenvalue weighted by Crippen LogP contribution is 2.53. The molecule has 0 aromatic heterocycles. The van der Waals surface area contributed by atoms with Crippen molar-refractivity contribution in [2.24, 2.45) is 5.41 Å². The van der Waals surface area contributed by atoms with Crippen molar-refractivity contribution < 1.29 is 4.74 Å². The van der Waals surface area contributed by atoms with E-state index in [-0.39, 0.29) is 22.1 Å². The molecule has 2 rings (SSSR count).